The number of anilines is 1. The largest absolute Gasteiger partial charge is 0.353 e. The Balaban J connectivity index is 1.19. The molecule has 0 N–H and O–H groups in total. The van der Waals surface area contributed by atoms with Crippen molar-refractivity contribution in [3.63, 3.8) is 0 Å². The number of hydrogen-bond acceptors (Lipinski definition) is 5. The molecule has 0 spiro atoms. The standard InChI is InChI=1S/C29H24F2N6O/c30-24-9-5-20(6-10-24)28-33-29(21-7-11-25(31)12-8-21)37(34-28)19-27(38)36-15-13-35(14-16-36)26-17-22-3-1-2-4-23(22)18-32-26/h1-12,17-18H,13-16,19H2. The van der Waals surface area contributed by atoms with Crippen LogP contribution in [0.1, 0.15) is 0 Å². The van der Waals surface area contributed by atoms with E-state index in [1.165, 1.54) is 28.9 Å². The normalized spacial score (nSPS) is 13.7. The SMILES string of the molecule is O=C(Cn1nc(-c2ccc(F)cc2)nc1-c1ccc(F)cc1)N1CCN(c2cc3ccccc3cn2)CC1. The summed E-state index contributed by atoms with van der Waals surface area (Å²) in [4.78, 5) is 26.5. The monoisotopic (exact) mass is 510 g/mol. The molecule has 0 saturated carbocycles. The lowest BCUT2D eigenvalue weighted by Gasteiger charge is -2.35. The molecular weight excluding hydrogens is 486 g/mol. The van der Waals surface area contributed by atoms with Gasteiger partial charge in [0.15, 0.2) is 11.6 Å². The molecule has 0 aliphatic carbocycles. The van der Waals surface area contributed by atoms with Crippen molar-refractivity contribution in [3.05, 3.63) is 96.7 Å². The summed E-state index contributed by atoms with van der Waals surface area (Å²) < 4.78 is 28.5. The van der Waals surface area contributed by atoms with Crippen molar-refractivity contribution in [2.45, 2.75) is 6.54 Å². The second-order valence-electron chi connectivity index (χ2n) is 9.19. The summed E-state index contributed by atoms with van der Waals surface area (Å²) >= 11 is 0. The predicted molar refractivity (Wildman–Crippen MR) is 141 cm³/mol. The number of benzene rings is 3. The van der Waals surface area contributed by atoms with Crippen molar-refractivity contribution in [1.29, 1.82) is 0 Å². The van der Waals surface area contributed by atoms with Crippen LogP contribution in [0.5, 0.6) is 0 Å². The molecule has 6 rings (SSSR count). The zero-order valence-corrected chi connectivity index (χ0v) is 20.5. The minimum atomic E-state index is -0.367. The third kappa shape index (κ3) is 4.82. The molecule has 190 valence electrons. The molecule has 2 aromatic heterocycles. The molecule has 38 heavy (non-hydrogen) atoms. The van der Waals surface area contributed by atoms with E-state index in [4.69, 9.17) is 0 Å². The van der Waals surface area contributed by atoms with Crippen LogP contribution in [0, 0.1) is 11.6 Å². The van der Waals surface area contributed by atoms with Gasteiger partial charge in [0, 0.05) is 48.9 Å². The number of pyridine rings is 1. The number of nitrogens with zero attached hydrogens (tertiary/aromatic N) is 6. The number of carbonyl (C=O) groups is 1. The lowest BCUT2D eigenvalue weighted by Crippen LogP contribution is -2.50. The minimum absolute atomic E-state index is 0.0187. The van der Waals surface area contributed by atoms with Gasteiger partial charge in [-0.2, -0.15) is 0 Å². The highest BCUT2D eigenvalue weighted by Crippen LogP contribution is 2.24. The first-order chi connectivity index (χ1) is 18.5. The van der Waals surface area contributed by atoms with Gasteiger partial charge in [0.05, 0.1) is 0 Å². The Bertz CT molecular complexity index is 1590. The number of aromatic nitrogens is 4. The Kier molecular flexibility index (Phi) is 6.25. The zero-order valence-electron chi connectivity index (χ0n) is 20.5. The van der Waals surface area contributed by atoms with Crippen molar-refractivity contribution in [2.75, 3.05) is 31.1 Å². The smallest absolute Gasteiger partial charge is 0.244 e. The Morgan fingerprint density at radius 2 is 1.42 bits per heavy atom. The van der Waals surface area contributed by atoms with Crippen molar-refractivity contribution >= 4 is 22.5 Å². The number of fused-ring (bicyclic) bond motifs is 1. The first kappa shape index (κ1) is 23.7. The summed E-state index contributed by atoms with van der Waals surface area (Å²) in [5.74, 6) is 0.888. The molecule has 0 bridgehead atoms. The number of piperazine rings is 1. The van der Waals surface area contributed by atoms with Gasteiger partial charge in [-0.3, -0.25) is 4.79 Å². The van der Waals surface area contributed by atoms with E-state index in [0.717, 1.165) is 16.6 Å². The van der Waals surface area contributed by atoms with E-state index in [-0.39, 0.29) is 24.1 Å². The topological polar surface area (TPSA) is 67.2 Å². The van der Waals surface area contributed by atoms with Crippen molar-refractivity contribution in [1.82, 2.24) is 24.6 Å². The van der Waals surface area contributed by atoms with E-state index in [1.807, 2.05) is 29.3 Å². The highest BCUT2D eigenvalue weighted by molar-refractivity contribution is 5.84. The van der Waals surface area contributed by atoms with Gasteiger partial charge in [0.1, 0.15) is 24.0 Å². The maximum atomic E-state index is 13.5. The van der Waals surface area contributed by atoms with Crippen LogP contribution >= 0.6 is 0 Å². The van der Waals surface area contributed by atoms with E-state index in [1.54, 1.807) is 24.3 Å². The maximum absolute atomic E-state index is 13.5. The van der Waals surface area contributed by atoms with Gasteiger partial charge in [0.2, 0.25) is 5.91 Å². The fourth-order valence-electron chi connectivity index (χ4n) is 4.64. The van der Waals surface area contributed by atoms with Crippen LogP contribution in [0.2, 0.25) is 0 Å². The highest BCUT2D eigenvalue weighted by Gasteiger charge is 2.24. The Morgan fingerprint density at radius 3 is 2.11 bits per heavy atom. The van der Waals surface area contributed by atoms with E-state index in [0.29, 0.717) is 49.0 Å². The van der Waals surface area contributed by atoms with Crippen LogP contribution in [-0.2, 0) is 11.3 Å². The lowest BCUT2D eigenvalue weighted by molar-refractivity contribution is -0.132. The number of carbonyl (C=O) groups excluding carboxylic acids is 1. The summed E-state index contributed by atoms with van der Waals surface area (Å²) in [6, 6.07) is 21.9. The van der Waals surface area contributed by atoms with Gasteiger partial charge in [0.25, 0.3) is 0 Å². The fourth-order valence-corrected chi connectivity index (χ4v) is 4.64. The van der Waals surface area contributed by atoms with Gasteiger partial charge < -0.3 is 9.80 Å². The summed E-state index contributed by atoms with van der Waals surface area (Å²) in [5.41, 5.74) is 1.25. The number of amides is 1. The molecule has 3 aromatic carbocycles. The van der Waals surface area contributed by atoms with Gasteiger partial charge in [-0.25, -0.2) is 23.4 Å². The quantitative estimate of drug-likeness (QED) is 0.340. The van der Waals surface area contributed by atoms with Crippen molar-refractivity contribution in [3.8, 4) is 22.8 Å². The first-order valence-corrected chi connectivity index (χ1v) is 12.4. The molecule has 0 atom stereocenters. The molecular formula is C29H24F2N6O. The average molecular weight is 511 g/mol. The molecule has 1 saturated heterocycles. The fraction of sp³-hybridized carbons (Fsp3) is 0.172. The maximum Gasteiger partial charge on any atom is 0.244 e. The molecule has 0 radical (unpaired) electrons. The molecule has 1 fully saturated rings. The van der Waals surface area contributed by atoms with Crippen LogP contribution in [0.4, 0.5) is 14.6 Å². The van der Waals surface area contributed by atoms with Gasteiger partial charge >= 0.3 is 0 Å². The summed E-state index contributed by atoms with van der Waals surface area (Å²) in [5, 5.41) is 6.78. The van der Waals surface area contributed by atoms with Crippen LogP contribution in [0.25, 0.3) is 33.5 Å². The van der Waals surface area contributed by atoms with Crippen LogP contribution < -0.4 is 4.90 Å². The molecule has 0 unspecified atom stereocenters. The lowest BCUT2D eigenvalue weighted by atomic mass is 10.1. The van der Waals surface area contributed by atoms with E-state index >= 15 is 0 Å². The predicted octanol–water partition coefficient (Wildman–Crippen LogP) is 4.79. The minimum Gasteiger partial charge on any atom is -0.353 e. The van der Waals surface area contributed by atoms with Crippen LogP contribution in [0.3, 0.4) is 0 Å². The zero-order chi connectivity index (χ0) is 26.1. The number of halogens is 2. The van der Waals surface area contributed by atoms with E-state index < -0.39 is 0 Å². The Hall–Kier alpha value is -4.66. The highest BCUT2D eigenvalue weighted by atomic mass is 19.1. The van der Waals surface area contributed by atoms with Crippen molar-refractivity contribution in [2.24, 2.45) is 0 Å². The van der Waals surface area contributed by atoms with Gasteiger partial charge in [-0.05, 0) is 60.0 Å². The van der Waals surface area contributed by atoms with E-state index in [9.17, 15) is 13.6 Å². The molecule has 9 heteroatoms. The second kappa shape index (κ2) is 10.0. The average Bonchev–Trinajstić information content (AvgIpc) is 3.37. The van der Waals surface area contributed by atoms with Crippen LogP contribution in [-0.4, -0.2) is 56.7 Å². The second-order valence-corrected chi connectivity index (χ2v) is 9.19. The number of hydrogen-bond donors (Lipinski definition) is 0. The van der Waals surface area contributed by atoms with Crippen molar-refractivity contribution < 1.29 is 13.6 Å². The molecule has 1 amide bonds. The number of rotatable bonds is 5. The van der Waals surface area contributed by atoms with Crippen LogP contribution in [0.15, 0.2) is 85.1 Å². The van der Waals surface area contributed by atoms with E-state index in [2.05, 4.69) is 32.1 Å². The molecule has 7 nitrogen and oxygen atoms in total. The third-order valence-electron chi connectivity index (χ3n) is 6.73. The summed E-state index contributed by atoms with van der Waals surface area (Å²) in [6.07, 6.45) is 1.88. The Labute approximate surface area is 218 Å². The Morgan fingerprint density at radius 1 is 0.789 bits per heavy atom. The first-order valence-electron chi connectivity index (χ1n) is 12.4. The summed E-state index contributed by atoms with van der Waals surface area (Å²) in [7, 11) is 0. The van der Waals surface area contributed by atoms with Gasteiger partial charge in [-0.1, -0.05) is 24.3 Å². The molecule has 5 aromatic rings. The summed E-state index contributed by atoms with van der Waals surface area (Å²) in [6.45, 7) is 2.42. The van der Waals surface area contributed by atoms with Gasteiger partial charge in [-0.15, -0.1) is 5.10 Å². The molecule has 1 aliphatic rings. The molecule has 1 aliphatic heterocycles. The molecule has 3 heterocycles. The third-order valence-corrected chi connectivity index (χ3v) is 6.73.